The molecule has 0 aromatic heterocycles. The van der Waals surface area contributed by atoms with Gasteiger partial charge < -0.3 is 10.2 Å². The zero-order valence-corrected chi connectivity index (χ0v) is 27.4. The lowest BCUT2D eigenvalue weighted by atomic mass is 10.0. The highest BCUT2D eigenvalue weighted by Crippen LogP contribution is 2.15. The summed E-state index contributed by atoms with van der Waals surface area (Å²) in [6.07, 6.45) is 35.9. The van der Waals surface area contributed by atoms with Gasteiger partial charge in [-0.3, -0.25) is 4.90 Å². The summed E-state index contributed by atoms with van der Waals surface area (Å²) in [5.41, 5.74) is 0. The van der Waals surface area contributed by atoms with E-state index in [0.717, 1.165) is 45.3 Å². The van der Waals surface area contributed by atoms with Crippen LogP contribution >= 0.6 is 0 Å². The lowest BCUT2D eigenvalue weighted by Gasteiger charge is -2.27. The summed E-state index contributed by atoms with van der Waals surface area (Å²) in [6.45, 7) is 9.34. The van der Waals surface area contributed by atoms with Crippen molar-refractivity contribution in [1.29, 1.82) is 0 Å². The van der Waals surface area contributed by atoms with E-state index in [0.29, 0.717) is 0 Å². The first-order valence-corrected chi connectivity index (χ1v) is 18.2. The maximum Gasteiger partial charge on any atom is 0.0667 e. The summed E-state index contributed by atoms with van der Waals surface area (Å²) in [5.74, 6) is 0. The normalized spacial score (nSPS) is 13.4. The van der Waals surface area contributed by atoms with Gasteiger partial charge in [0, 0.05) is 13.1 Å². The molecular weight excluding hydrogens is 478 g/mol. The molecule has 0 aromatic rings. The molecule has 0 rings (SSSR count). The summed E-state index contributed by atoms with van der Waals surface area (Å²) in [7, 11) is 0. The fraction of sp³-hybridized carbons (Fsp3) is 1.00. The van der Waals surface area contributed by atoms with Gasteiger partial charge in [0.25, 0.3) is 0 Å². The second kappa shape index (κ2) is 32.4. The topological polar surface area (TPSA) is 43.7 Å². The highest BCUT2D eigenvalue weighted by Gasteiger charge is 2.15. The predicted octanol–water partition coefficient (Wildman–Crippen LogP) is 11.0. The van der Waals surface area contributed by atoms with Crippen molar-refractivity contribution in [2.45, 2.75) is 213 Å². The quantitative estimate of drug-likeness (QED) is 0.0794. The van der Waals surface area contributed by atoms with E-state index in [2.05, 4.69) is 25.7 Å². The van der Waals surface area contributed by atoms with Gasteiger partial charge in [0.2, 0.25) is 0 Å². The Morgan fingerprint density at radius 2 is 0.615 bits per heavy atom. The van der Waals surface area contributed by atoms with Crippen LogP contribution in [0, 0.1) is 0 Å². The average molecular weight is 554 g/mol. The Bertz CT molecular complexity index is 416. The summed E-state index contributed by atoms with van der Waals surface area (Å²) >= 11 is 0. The Balaban J connectivity index is 4.19. The summed E-state index contributed by atoms with van der Waals surface area (Å²) in [6, 6.07) is 0. The van der Waals surface area contributed by atoms with Crippen molar-refractivity contribution in [1.82, 2.24) is 4.90 Å². The van der Waals surface area contributed by atoms with Crippen molar-refractivity contribution in [3.63, 3.8) is 0 Å². The Morgan fingerprint density at radius 1 is 0.359 bits per heavy atom. The monoisotopic (exact) mass is 554 g/mol. The fourth-order valence-corrected chi connectivity index (χ4v) is 5.89. The maximum atomic E-state index is 10.8. The number of hydrogen-bond acceptors (Lipinski definition) is 3. The Kier molecular flexibility index (Phi) is 32.3. The Hall–Kier alpha value is -0.120. The molecule has 0 radical (unpaired) electrons. The largest absolute Gasteiger partial charge is 0.392 e. The lowest BCUT2D eigenvalue weighted by molar-refractivity contribution is 0.0596. The van der Waals surface area contributed by atoms with Crippen LogP contribution in [0.15, 0.2) is 0 Å². The van der Waals surface area contributed by atoms with Gasteiger partial charge in [0.05, 0.1) is 12.2 Å². The van der Waals surface area contributed by atoms with E-state index in [-0.39, 0.29) is 12.2 Å². The number of nitrogens with zero attached hydrogens (tertiary/aromatic N) is 1. The van der Waals surface area contributed by atoms with Crippen LogP contribution in [0.5, 0.6) is 0 Å². The van der Waals surface area contributed by atoms with Crippen LogP contribution in [0.3, 0.4) is 0 Å². The van der Waals surface area contributed by atoms with E-state index in [4.69, 9.17) is 0 Å². The predicted molar refractivity (Wildman–Crippen MR) is 175 cm³/mol. The first-order chi connectivity index (χ1) is 19.1. The van der Waals surface area contributed by atoms with Crippen LogP contribution in [0.25, 0.3) is 0 Å². The third-order valence-corrected chi connectivity index (χ3v) is 8.55. The third-order valence-electron chi connectivity index (χ3n) is 8.55. The zero-order chi connectivity index (χ0) is 28.7. The van der Waals surface area contributed by atoms with E-state index in [1.165, 1.54) is 154 Å². The molecule has 2 N–H and O–H groups in total. The SMILES string of the molecule is CCCCCCCCCCCCN(CC(O)CCCCCCCCCC)CC(O)CCCCCCCCCC. The summed E-state index contributed by atoms with van der Waals surface area (Å²) in [4.78, 5) is 2.38. The highest BCUT2D eigenvalue weighted by molar-refractivity contribution is 4.70. The molecule has 0 saturated heterocycles. The molecule has 0 saturated carbocycles. The molecule has 0 heterocycles. The van der Waals surface area contributed by atoms with Crippen molar-refractivity contribution in [3.8, 4) is 0 Å². The standard InChI is InChI=1S/C36H75NO2/c1-4-7-10-13-16-19-20-23-26-29-32-37(33-35(38)30-27-24-21-17-14-11-8-5-2)34-36(39)31-28-25-22-18-15-12-9-6-3/h35-36,38-39H,4-34H2,1-3H3. The van der Waals surface area contributed by atoms with Crippen molar-refractivity contribution >= 4 is 0 Å². The van der Waals surface area contributed by atoms with Crippen molar-refractivity contribution in [2.75, 3.05) is 19.6 Å². The minimum Gasteiger partial charge on any atom is -0.392 e. The smallest absolute Gasteiger partial charge is 0.0667 e. The van der Waals surface area contributed by atoms with Crippen molar-refractivity contribution in [2.24, 2.45) is 0 Å². The van der Waals surface area contributed by atoms with E-state index in [9.17, 15) is 10.2 Å². The minimum absolute atomic E-state index is 0.247. The second-order valence-electron chi connectivity index (χ2n) is 12.8. The zero-order valence-electron chi connectivity index (χ0n) is 27.4. The Labute approximate surface area is 247 Å². The van der Waals surface area contributed by atoms with Gasteiger partial charge in [0.1, 0.15) is 0 Å². The molecule has 2 atom stereocenters. The molecule has 0 aliphatic carbocycles. The molecule has 0 fully saturated rings. The molecule has 236 valence electrons. The van der Waals surface area contributed by atoms with Gasteiger partial charge in [-0.05, 0) is 25.8 Å². The van der Waals surface area contributed by atoms with E-state index in [1.54, 1.807) is 0 Å². The van der Waals surface area contributed by atoms with Crippen LogP contribution < -0.4 is 0 Å². The van der Waals surface area contributed by atoms with Crippen molar-refractivity contribution in [3.05, 3.63) is 0 Å². The average Bonchev–Trinajstić information content (AvgIpc) is 2.92. The first kappa shape index (κ1) is 38.9. The molecule has 3 heteroatoms. The molecular formula is C36H75NO2. The van der Waals surface area contributed by atoms with Gasteiger partial charge in [0.15, 0.2) is 0 Å². The van der Waals surface area contributed by atoms with E-state index >= 15 is 0 Å². The molecule has 0 bridgehead atoms. The molecule has 0 aliphatic rings. The molecule has 0 aromatic carbocycles. The van der Waals surface area contributed by atoms with Crippen LogP contribution in [0.2, 0.25) is 0 Å². The highest BCUT2D eigenvalue weighted by atomic mass is 16.3. The number of rotatable bonds is 33. The number of aliphatic hydroxyl groups is 2. The van der Waals surface area contributed by atoms with E-state index in [1.807, 2.05) is 0 Å². The van der Waals surface area contributed by atoms with Crippen LogP contribution in [-0.4, -0.2) is 47.0 Å². The molecule has 2 unspecified atom stereocenters. The molecule has 39 heavy (non-hydrogen) atoms. The van der Waals surface area contributed by atoms with Gasteiger partial charge in [-0.25, -0.2) is 0 Å². The number of unbranched alkanes of at least 4 members (excludes halogenated alkanes) is 23. The van der Waals surface area contributed by atoms with Crippen molar-refractivity contribution < 1.29 is 10.2 Å². The second-order valence-corrected chi connectivity index (χ2v) is 12.8. The van der Waals surface area contributed by atoms with Crippen LogP contribution in [-0.2, 0) is 0 Å². The molecule has 3 nitrogen and oxygen atoms in total. The first-order valence-electron chi connectivity index (χ1n) is 18.2. The van der Waals surface area contributed by atoms with Gasteiger partial charge in [-0.15, -0.1) is 0 Å². The fourth-order valence-electron chi connectivity index (χ4n) is 5.89. The minimum atomic E-state index is -0.247. The molecule has 0 amide bonds. The Morgan fingerprint density at radius 3 is 0.923 bits per heavy atom. The van der Waals surface area contributed by atoms with Crippen LogP contribution in [0.4, 0.5) is 0 Å². The van der Waals surface area contributed by atoms with Gasteiger partial charge in [-0.1, -0.05) is 181 Å². The summed E-state index contributed by atoms with van der Waals surface area (Å²) in [5, 5.41) is 21.6. The maximum absolute atomic E-state index is 10.8. The van der Waals surface area contributed by atoms with Crippen LogP contribution in [0.1, 0.15) is 201 Å². The van der Waals surface area contributed by atoms with E-state index < -0.39 is 0 Å². The molecule has 0 aliphatic heterocycles. The van der Waals surface area contributed by atoms with Gasteiger partial charge >= 0.3 is 0 Å². The lowest BCUT2D eigenvalue weighted by Crippen LogP contribution is -2.38. The molecule has 0 spiro atoms. The van der Waals surface area contributed by atoms with Gasteiger partial charge in [-0.2, -0.15) is 0 Å². The number of aliphatic hydroxyl groups excluding tert-OH is 2. The third kappa shape index (κ3) is 30.7. The summed E-state index contributed by atoms with van der Waals surface area (Å²) < 4.78 is 0. The number of hydrogen-bond donors (Lipinski definition) is 2.